The first-order chi connectivity index (χ1) is 8.70. The van der Waals surface area contributed by atoms with E-state index in [0.29, 0.717) is 10.1 Å². The number of nitrogens with two attached hydrogens (primary N) is 1. The Bertz CT molecular complexity index is 200. The quantitative estimate of drug-likeness (QED) is 0.209. The molecule has 3 N–H and O–H groups in total. The molecule has 1 unspecified atom stereocenters. The van der Waals surface area contributed by atoms with Gasteiger partial charge in [-0.2, -0.15) is 0 Å². The molecule has 1 atom stereocenters. The molecule has 0 spiro atoms. The molecule has 3 nitrogen and oxygen atoms in total. The van der Waals surface area contributed by atoms with Gasteiger partial charge < -0.3 is 4.84 Å². The number of hydrogen-bond donors (Lipinski definition) is 2. The molecule has 0 aliphatic rings. The van der Waals surface area contributed by atoms with Crippen molar-refractivity contribution in [1.82, 2.24) is 0 Å². The number of rotatable bonds is 13. The summed E-state index contributed by atoms with van der Waals surface area (Å²) in [7, 11) is 0. The van der Waals surface area contributed by atoms with Crippen molar-refractivity contribution in [3.63, 3.8) is 0 Å². The standard InChI is InChI=1S/C14H29IN2O/c1-2-3-4-5-6-7-8-9-10-11-13(18-17)12-14(15)16/h13,16H,2-12,17H2,1H3. The highest BCUT2D eigenvalue weighted by Gasteiger charge is 2.09. The van der Waals surface area contributed by atoms with Crippen molar-refractivity contribution < 1.29 is 4.84 Å². The molecule has 0 aromatic carbocycles. The molecular weight excluding hydrogens is 339 g/mol. The molecular formula is C14H29IN2O. The van der Waals surface area contributed by atoms with E-state index in [1.54, 1.807) is 0 Å². The fourth-order valence-corrected chi connectivity index (χ4v) is 2.59. The van der Waals surface area contributed by atoms with Crippen LogP contribution in [0.3, 0.4) is 0 Å². The molecule has 0 saturated heterocycles. The van der Waals surface area contributed by atoms with E-state index in [0.717, 1.165) is 6.42 Å². The first-order valence-electron chi connectivity index (χ1n) is 7.29. The average Bonchev–Trinajstić information content (AvgIpc) is 2.35. The van der Waals surface area contributed by atoms with Crippen LogP contribution < -0.4 is 5.90 Å². The normalized spacial score (nSPS) is 12.6. The van der Waals surface area contributed by atoms with Crippen molar-refractivity contribution in [2.45, 2.75) is 83.7 Å². The lowest BCUT2D eigenvalue weighted by molar-refractivity contribution is 0.0511. The summed E-state index contributed by atoms with van der Waals surface area (Å²) in [5, 5.41) is 7.41. The van der Waals surface area contributed by atoms with Gasteiger partial charge in [-0.25, -0.2) is 5.90 Å². The zero-order valence-electron chi connectivity index (χ0n) is 11.7. The van der Waals surface area contributed by atoms with Gasteiger partial charge >= 0.3 is 0 Å². The zero-order valence-corrected chi connectivity index (χ0v) is 13.9. The van der Waals surface area contributed by atoms with E-state index in [4.69, 9.17) is 16.1 Å². The van der Waals surface area contributed by atoms with Gasteiger partial charge in [-0.3, -0.25) is 5.41 Å². The van der Waals surface area contributed by atoms with E-state index in [1.807, 2.05) is 22.6 Å². The lowest BCUT2D eigenvalue weighted by Gasteiger charge is -2.12. The Balaban J connectivity index is 3.25. The summed E-state index contributed by atoms with van der Waals surface area (Å²) in [5.41, 5.74) is 0. The van der Waals surface area contributed by atoms with Gasteiger partial charge in [0.15, 0.2) is 0 Å². The lowest BCUT2D eigenvalue weighted by Crippen LogP contribution is -2.19. The van der Waals surface area contributed by atoms with Crippen LogP contribution in [0.1, 0.15) is 77.6 Å². The van der Waals surface area contributed by atoms with Crippen LogP contribution in [-0.4, -0.2) is 9.82 Å². The summed E-state index contributed by atoms with van der Waals surface area (Å²) < 4.78 is 0.624. The van der Waals surface area contributed by atoms with Crippen LogP contribution in [0.4, 0.5) is 0 Å². The van der Waals surface area contributed by atoms with Gasteiger partial charge in [-0.15, -0.1) is 0 Å². The van der Waals surface area contributed by atoms with Crippen molar-refractivity contribution in [1.29, 1.82) is 5.41 Å². The molecule has 0 bridgehead atoms. The van der Waals surface area contributed by atoms with Crippen LogP contribution in [0.2, 0.25) is 0 Å². The van der Waals surface area contributed by atoms with Crippen molar-refractivity contribution >= 4 is 26.3 Å². The molecule has 0 fully saturated rings. The maximum Gasteiger partial charge on any atom is 0.0847 e. The molecule has 0 aromatic heterocycles. The molecule has 18 heavy (non-hydrogen) atoms. The van der Waals surface area contributed by atoms with E-state index < -0.39 is 0 Å². The maximum absolute atomic E-state index is 7.41. The molecule has 0 saturated carbocycles. The zero-order chi connectivity index (χ0) is 13.6. The second kappa shape index (κ2) is 13.7. The SMILES string of the molecule is CCCCCCCCCCCC(CC(=N)I)ON. The predicted octanol–water partition coefficient (Wildman–Crippen LogP) is 4.97. The van der Waals surface area contributed by atoms with Crippen LogP contribution in [0.15, 0.2) is 0 Å². The van der Waals surface area contributed by atoms with Crippen molar-refractivity contribution in [3.05, 3.63) is 0 Å². The van der Waals surface area contributed by atoms with E-state index in [2.05, 4.69) is 6.92 Å². The predicted molar refractivity (Wildman–Crippen MR) is 87.3 cm³/mol. The monoisotopic (exact) mass is 368 g/mol. The fourth-order valence-electron chi connectivity index (χ4n) is 2.10. The van der Waals surface area contributed by atoms with Crippen LogP contribution in [0, 0.1) is 5.41 Å². The summed E-state index contributed by atoms with van der Waals surface area (Å²) in [5.74, 6) is 5.23. The van der Waals surface area contributed by atoms with Crippen LogP contribution >= 0.6 is 22.6 Å². The van der Waals surface area contributed by atoms with Gasteiger partial charge in [0.1, 0.15) is 0 Å². The summed E-state index contributed by atoms with van der Waals surface area (Å²) in [6.45, 7) is 2.26. The lowest BCUT2D eigenvalue weighted by atomic mass is 10.0. The molecule has 0 radical (unpaired) electrons. The first kappa shape index (κ1) is 18.3. The Morgan fingerprint density at radius 2 is 1.56 bits per heavy atom. The first-order valence-corrected chi connectivity index (χ1v) is 8.37. The van der Waals surface area contributed by atoms with E-state index in [-0.39, 0.29) is 6.10 Å². The largest absolute Gasteiger partial charge is 0.301 e. The molecule has 4 heteroatoms. The van der Waals surface area contributed by atoms with E-state index in [9.17, 15) is 0 Å². The Morgan fingerprint density at radius 3 is 2.00 bits per heavy atom. The average molecular weight is 368 g/mol. The molecule has 0 aromatic rings. The Hall–Kier alpha value is 0.320. The minimum atomic E-state index is 0.0407. The molecule has 0 aliphatic carbocycles. The van der Waals surface area contributed by atoms with Gasteiger partial charge in [0, 0.05) is 6.42 Å². The Morgan fingerprint density at radius 1 is 1.06 bits per heavy atom. The van der Waals surface area contributed by atoms with Gasteiger partial charge in [-0.05, 0) is 29.0 Å². The highest BCUT2D eigenvalue weighted by molar-refractivity contribution is 14.1. The fraction of sp³-hybridized carbons (Fsp3) is 0.929. The summed E-state index contributed by atoms with van der Waals surface area (Å²) in [4.78, 5) is 4.89. The summed E-state index contributed by atoms with van der Waals surface area (Å²) in [6, 6.07) is 0. The summed E-state index contributed by atoms with van der Waals surface area (Å²) in [6.07, 6.45) is 13.7. The number of hydrogen-bond acceptors (Lipinski definition) is 3. The van der Waals surface area contributed by atoms with Gasteiger partial charge in [0.2, 0.25) is 0 Å². The Kier molecular flexibility index (Phi) is 14.0. The number of nitrogens with one attached hydrogen (secondary N) is 1. The smallest absolute Gasteiger partial charge is 0.0847 e. The Labute approximate surface area is 126 Å². The molecule has 0 rings (SSSR count). The molecule has 0 amide bonds. The second-order valence-electron chi connectivity index (χ2n) is 4.98. The van der Waals surface area contributed by atoms with Crippen molar-refractivity contribution in [2.75, 3.05) is 0 Å². The number of unbranched alkanes of at least 4 members (excludes halogenated alkanes) is 8. The van der Waals surface area contributed by atoms with Gasteiger partial charge in [0.25, 0.3) is 0 Å². The van der Waals surface area contributed by atoms with Gasteiger partial charge in [-0.1, -0.05) is 64.7 Å². The third-order valence-corrected chi connectivity index (χ3v) is 3.67. The third kappa shape index (κ3) is 12.8. The van der Waals surface area contributed by atoms with Crippen molar-refractivity contribution in [2.24, 2.45) is 5.90 Å². The summed E-state index contributed by atoms with van der Waals surface area (Å²) >= 11 is 2.02. The third-order valence-electron chi connectivity index (χ3n) is 3.23. The minimum absolute atomic E-state index is 0.0407. The van der Waals surface area contributed by atoms with Crippen LogP contribution in [0.5, 0.6) is 0 Å². The molecule has 0 aliphatic heterocycles. The minimum Gasteiger partial charge on any atom is -0.301 e. The maximum atomic E-state index is 7.41. The van der Waals surface area contributed by atoms with E-state index in [1.165, 1.54) is 57.8 Å². The highest BCUT2D eigenvalue weighted by Crippen LogP contribution is 2.14. The molecule has 0 heterocycles. The van der Waals surface area contributed by atoms with Crippen LogP contribution in [-0.2, 0) is 4.84 Å². The topological polar surface area (TPSA) is 59.1 Å². The van der Waals surface area contributed by atoms with Crippen LogP contribution in [0.25, 0.3) is 0 Å². The highest BCUT2D eigenvalue weighted by atomic mass is 127. The van der Waals surface area contributed by atoms with Gasteiger partial charge in [0.05, 0.1) is 9.82 Å². The van der Waals surface area contributed by atoms with E-state index >= 15 is 0 Å². The number of halogens is 1. The molecule has 108 valence electrons. The van der Waals surface area contributed by atoms with Crippen molar-refractivity contribution in [3.8, 4) is 0 Å². The second-order valence-corrected chi connectivity index (χ2v) is 6.29.